The average Bonchev–Trinajstić information content (AvgIpc) is 2.82. The van der Waals surface area contributed by atoms with E-state index < -0.39 is 10.0 Å². The van der Waals surface area contributed by atoms with E-state index in [2.05, 4.69) is 14.9 Å². The number of amides is 1. The summed E-state index contributed by atoms with van der Waals surface area (Å²) >= 11 is 0. The van der Waals surface area contributed by atoms with Crippen LogP contribution < -0.4 is 9.62 Å². The maximum Gasteiger partial charge on any atom is 0.263 e. The molecule has 0 saturated carbocycles. The average molecular weight is 332 g/mol. The molecule has 1 aliphatic heterocycles. The summed E-state index contributed by atoms with van der Waals surface area (Å²) in [5.74, 6) is 0.108. The third-order valence-corrected chi connectivity index (χ3v) is 5.08. The maximum atomic E-state index is 12.4. The van der Waals surface area contributed by atoms with E-state index in [9.17, 15) is 13.2 Å². The number of benzene rings is 1. The number of carbonyl (C=O) groups excluding carboxylic acids is 1. The number of anilines is 2. The van der Waals surface area contributed by atoms with Gasteiger partial charge in [0.05, 0.1) is 4.90 Å². The third kappa shape index (κ3) is 2.89. The van der Waals surface area contributed by atoms with Crippen molar-refractivity contribution in [2.24, 2.45) is 0 Å². The molecule has 3 rings (SSSR count). The number of fused-ring (bicyclic) bond motifs is 1. The van der Waals surface area contributed by atoms with Crippen molar-refractivity contribution in [3.05, 3.63) is 42.1 Å². The largest absolute Gasteiger partial charge is 0.309 e. The highest BCUT2D eigenvalue weighted by atomic mass is 32.2. The Hall–Kier alpha value is -2.48. The van der Waals surface area contributed by atoms with Crippen LogP contribution in [0.15, 0.2) is 41.4 Å². The highest BCUT2D eigenvalue weighted by Gasteiger charge is 2.30. The molecule has 8 heteroatoms. The molecule has 2 aromatic rings. The highest BCUT2D eigenvalue weighted by Crippen LogP contribution is 2.34. The van der Waals surface area contributed by atoms with Crippen molar-refractivity contribution < 1.29 is 13.2 Å². The molecule has 0 saturated heterocycles. The maximum absolute atomic E-state index is 12.4. The lowest BCUT2D eigenvalue weighted by Gasteiger charge is -2.20. The van der Waals surface area contributed by atoms with Crippen LogP contribution in [0, 0.1) is 0 Å². The molecule has 0 unspecified atom stereocenters. The fourth-order valence-corrected chi connectivity index (χ4v) is 3.85. The lowest BCUT2D eigenvalue weighted by atomic mass is 10.1. The molecular weight excluding hydrogens is 316 g/mol. The zero-order valence-electron chi connectivity index (χ0n) is 12.7. The van der Waals surface area contributed by atoms with Crippen molar-refractivity contribution >= 4 is 27.4 Å². The molecule has 7 nitrogen and oxygen atoms in total. The number of rotatable bonds is 3. The number of hydrogen-bond acceptors (Lipinski definition) is 5. The first-order chi connectivity index (χ1) is 10.9. The van der Waals surface area contributed by atoms with Gasteiger partial charge in [0.1, 0.15) is 0 Å². The smallest absolute Gasteiger partial charge is 0.263 e. The van der Waals surface area contributed by atoms with Gasteiger partial charge in [0.25, 0.3) is 10.0 Å². The SMILES string of the molecule is CC(=O)N1c2ccc(S(=O)(=O)Nc3cccnn3)cc2C[C@@H]1C. The number of nitrogens with one attached hydrogen (secondary N) is 1. The lowest BCUT2D eigenvalue weighted by molar-refractivity contribution is -0.116. The Balaban J connectivity index is 1.94. The van der Waals surface area contributed by atoms with Crippen molar-refractivity contribution in [1.29, 1.82) is 0 Å². The zero-order chi connectivity index (χ0) is 16.6. The van der Waals surface area contributed by atoms with E-state index >= 15 is 0 Å². The van der Waals surface area contributed by atoms with Crippen LogP contribution in [0.5, 0.6) is 0 Å². The molecule has 1 atom stereocenters. The van der Waals surface area contributed by atoms with Crippen molar-refractivity contribution in [2.75, 3.05) is 9.62 Å². The van der Waals surface area contributed by atoms with Crippen LogP contribution in [-0.2, 0) is 21.2 Å². The Bertz CT molecular complexity index is 852. The minimum Gasteiger partial charge on any atom is -0.309 e. The first-order valence-electron chi connectivity index (χ1n) is 7.12. The summed E-state index contributed by atoms with van der Waals surface area (Å²) in [6.07, 6.45) is 2.09. The van der Waals surface area contributed by atoms with Crippen LogP contribution in [0.2, 0.25) is 0 Å². The molecule has 0 radical (unpaired) electrons. The summed E-state index contributed by atoms with van der Waals surface area (Å²) in [5.41, 5.74) is 1.61. The summed E-state index contributed by atoms with van der Waals surface area (Å²) in [6, 6.07) is 7.91. The molecule has 0 fully saturated rings. The van der Waals surface area contributed by atoms with Gasteiger partial charge in [-0.25, -0.2) is 8.42 Å². The fraction of sp³-hybridized carbons (Fsp3) is 0.267. The molecule has 1 aromatic heterocycles. The molecule has 23 heavy (non-hydrogen) atoms. The monoisotopic (exact) mass is 332 g/mol. The highest BCUT2D eigenvalue weighted by molar-refractivity contribution is 7.92. The van der Waals surface area contributed by atoms with Gasteiger partial charge in [-0.15, -0.1) is 5.10 Å². The zero-order valence-corrected chi connectivity index (χ0v) is 13.5. The summed E-state index contributed by atoms with van der Waals surface area (Å²) < 4.78 is 27.3. The van der Waals surface area contributed by atoms with E-state index in [0.29, 0.717) is 6.42 Å². The fourth-order valence-electron chi connectivity index (χ4n) is 2.81. The minimum atomic E-state index is -3.75. The summed E-state index contributed by atoms with van der Waals surface area (Å²) in [6.45, 7) is 3.44. The number of sulfonamides is 1. The topological polar surface area (TPSA) is 92.3 Å². The Kier molecular flexibility index (Phi) is 3.77. The van der Waals surface area contributed by atoms with Crippen LogP contribution in [0.3, 0.4) is 0 Å². The standard InChI is InChI=1S/C15H16N4O3S/c1-10-8-12-9-13(5-6-14(12)19(10)11(2)20)23(21,22)18-15-4-3-7-16-17-15/h3-7,9-10H,8H2,1-2H3,(H,17,18)/t10-/m0/s1. The molecular formula is C15H16N4O3S. The van der Waals surface area contributed by atoms with E-state index in [1.807, 2.05) is 6.92 Å². The molecule has 120 valence electrons. The first-order valence-corrected chi connectivity index (χ1v) is 8.60. The van der Waals surface area contributed by atoms with Gasteiger partial charge in [-0.3, -0.25) is 9.52 Å². The van der Waals surface area contributed by atoms with E-state index in [4.69, 9.17) is 0 Å². The predicted molar refractivity (Wildman–Crippen MR) is 85.6 cm³/mol. The molecule has 0 spiro atoms. The van der Waals surface area contributed by atoms with Crippen LogP contribution in [-0.4, -0.2) is 30.6 Å². The van der Waals surface area contributed by atoms with Gasteiger partial charge < -0.3 is 4.90 Å². The molecule has 0 aliphatic carbocycles. The van der Waals surface area contributed by atoms with Crippen LogP contribution in [0.25, 0.3) is 0 Å². The van der Waals surface area contributed by atoms with Crippen molar-refractivity contribution in [3.8, 4) is 0 Å². The van der Waals surface area contributed by atoms with Crippen molar-refractivity contribution in [3.63, 3.8) is 0 Å². The Morgan fingerprint density at radius 3 is 2.78 bits per heavy atom. The molecule has 1 aromatic carbocycles. The number of nitrogens with zero attached hydrogens (tertiary/aromatic N) is 3. The van der Waals surface area contributed by atoms with Crippen molar-refractivity contribution in [1.82, 2.24) is 10.2 Å². The normalized spacial score (nSPS) is 17.0. The van der Waals surface area contributed by atoms with Gasteiger partial charge in [-0.05, 0) is 49.2 Å². The van der Waals surface area contributed by atoms with Crippen LogP contribution in [0.4, 0.5) is 11.5 Å². The van der Waals surface area contributed by atoms with E-state index in [1.165, 1.54) is 25.3 Å². The Morgan fingerprint density at radius 1 is 1.35 bits per heavy atom. The van der Waals surface area contributed by atoms with E-state index in [1.54, 1.807) is 23.1 Å². The van der Waals surface area contributed by atoms with Gasteiger partial charge >= 0.3 is 0 Å². The van der Waals surface area contributed by atoms with Crippen molar-refractivity contribution in [2.45, 2.75) is 31.2 Å². The van der Waals surface area contributed by atoms with E-state index in [0.717, 1.165) is 11.3 Å². The van der Waals surface area contributed by atoms with Gasteiger partial charge in [0.2, 0.25) is 5.91 Å². The Morgan fingerprint density at radius 2 is 2.13 bits per heavy atom. The molecule has 1 N–H and O–H groups in total. The summed E-state index contributed by atoms with van der Waals surface area (Å²) in [4.78, 5) is 13.5. The second-order valence-electron chi connectivity index (χ2n) is 5.45. The second-order valence-corrected chi connectivity index (χ2v) is 7.13. The molecule has 2 heterocycles. The quantitative estimate of drug-likeness (QED) is 0.921. The minimum absolute atomic E-state index is 0.0217. The molecule has 1 amide bonds. The lowest BCUT2D eigenvalue weighted by Crippen LogP contribution is -2.33. The first kappa shape index (κ1) is 15.4. The number of hydrogen-bond donors (Lipinski definition) is 1. The van der Waals surface area contributed by atoms with Crippen LogP contribution >= 0.6 is 0 Å². The van der Waals surface area contributed by atoms with Crippen LogP contribution in [0.1, 0.15) is 19.4 Å². The van der Waals surface area contributed by atoms with E-state index in [-0.39, 0.29) is 22.7 Å². The Labute approximate surface area is 134 Å². The third-order valence-electron chi connectivity index (χ3n) is 3.73. The summed E-state index contributed by atoms with van der Waals surface area (Å²) in [5, 5.41) is 7.35. The molecule has 1 aliphatic rings. The number of aromatic nitrogens is 2. The van der Waals surface area contributed by atoms with Gasteiger partial charge in [-0.1, -0.05) is 0 Å². The second kappa shape index (κ2) is 5.62. The predicted octanol–water partition coefficient (Wildman–Crippen LogP) is 1.57. The number of carbonyl (C=O) groups is 1. The summed E-state index contributed by atoms with van der Waals surface area (Å²) in [7, 11) is -3.75. The van der Waals surface area contributed by atoms with Gasteiger partial charge in [0.15, 0.2) is 5.82 Å². The van der Waals surface area contributed by atoms with Gasteiger partial charge in [-0.2, -0.15) is 5.10 Å². The van der Waals surface area contributed by atoms with Gasteiger partial charge in [0, 0.05) is 24.8 Å². The molecule has 0 bridgehead atoms.